The Morgan fingerprint density at radius 3 is 2.61 bits per heavy atom. The van der Waals surface area contributed by atoms with Crippen LogP contribution in [0.25, 0.3) is 0 Å². The highest BCUT2D eigenvalue weighted by Gasteiger charge is 2.41. The topological polar surface area (TPSA) is 49.4 Å². The summed E-state index contributed by atoms with van der Waals surface area (Å²) in [4.78, 5) is 26.2. The zero-order valence-corrected chi connectivity index (χ0v) is 11.6. The summed E-state index contributed by atoms with van der Waals surface area (Å²) in [6.07, 6.45) is 5.18. The molecule has 0 radical (unpaired) electrons. The fourth-order valence-electron chi connectivity index (χ4n) is 3.28. The van der Waals surface area contributed by atoms with E-state index in [1.165, 1.54) is 12.8 Å². The highest BCUT2D eigenvalue weighted by atomic mass is 16.2. The fourth-order valence-corrected chi connectivity index (χ4v) is 3.28. The number of amides is 2. The molecule has 2 rings (SSSR count). The van der Waals surface area contributed by atoms with Crippen molar-refractivity contribution < 1.29 is 9.59 Å². The summed E-state index contributed by atoms with van der Waals surface area (Å²) in [7, 11) is 0. The van der Waals surface area contributed by atoms with E-state index < -0.39 is 0 Å². The molecule has 2 fully saturated rings. The minimum Gasteiger partial charge on any atom is -0.343 e. The zero-order chi connectivity index (χ0) is 13.3. The normalized spacial score (nSPS) is 37.6. The maximum Gasteiger partial charge on any atom is 0.246 e. The number of rotatable bonds is 2. The lowest BCUT2D eigenvalue weighted by Gasteiger charge is -2.44. The van der Waals surface area contributed by atoms with Crippen molar-refractivity contribution in [1.29, 1.82) is 0 Å². The molecular weight excluding hydrogens is 228 g/mol. The smallest absolute Gasteiger partial charge is 0.246 e. The highest BCUT2D eigenvalue weighted by Crippen LogP contribution is 2.30. The van der Waals surface area contributed by atoms with Gasteiger partial charge in [0.25, 0.3) is 0 Å². The predicted molar refractivity (Wildman–Crippen MR) is 69.9 cm³/mol. The second-order valence-corrected chi connectivity index (χ2v) is 5.82. The molecule has 18 heavy (non-hydrogen) atoms. The van der Waals surface area contributed by atoms with Crippen LogP contribution in [0.15, 0.2) is 0 Å². The molecule has 0 spiro atoms. The van der Waals surface area contributed by atoms with E-state index in [2.05, 4.69) is 12.2 Å². The van der Waals surface area contributed by atoms with Gasteiger partial charge in [-0.2, -0.15) is 0 Å². The van der Waals surface area contributed by atoms with Gasteiger partial charge in [0.15, 0.2) is 0 Å². The third kappa shape index (κ3) is 2.38. The van der Waals surface area contributed by atoms with Gasteiger partial charge in [0.2, 0.25) is 11.8 Å². The van der Waals surface area contributed by atoms with Crippen molar-refractivity contribution in [3.05, 3.63) is 0 Å². The Bertz CT molecular complexity index is 343. The van der Waals surface area contributed by atoms with Crippen molar-refractivity contribution in [1.82, 2.24) is 10.2 Å². The van der Waals surface area contributed by atoms with Crippen molar-refractivity contribution in [2.24, 2.45) is 5.92 Å². The van der Waals surface area contributed by atoms with Crippen molar-refractivity contribution in [2.75, 3.05) is 0 Å². The summed E-state index contributed by atoms with van der Waals surface area (Å²) in [6, 6.07) is -0.363. The molecule has 1 N–H and O–H groups in total. The Morgan fingerprint density at radius 2 is 2.00 bits per heavy atom. The first-order valence-electron chi connectivity index (χ1n) is 7.17. The summed E-state index contributed by atoms with van der Waals surface area (Å²) >= 11 is 0. The Kier molecular flexibility index (Phi) is 3.93. The molecule has 4 heteroatoms. The maximum atomic E-state index is 12.4. The Morgan fingerprint density at radius 1 is 1.28 bits per heavy atom. The molecule has 1 saturated heterocycles. The minimum absolute atomic E-state index is 0.000300. The number of carbonyl (C=O) groups is 2. The molecule has 4 atom stereocenters. The molecule has 0 bridgehead atoms. The van der Waals surface area contributed by atoms with Crippen LogP contribution in [-0.4, -0.2) is 34.8 Å². The summed E-state index contributed by atoms with van der Waals surface area (Å²) in [6.45, 7) is 6.03. The second-order valence-electron chi connectivity index (χ2n) is 5.82. The number of piperazine rings is 1. The van der Waals surface area contributed by atoms with Crippen LogP contribution < -0.4 is 5.32 Å². The number of hydrogen-bond donors (Lipinski definition) is 1. The minimum atomic E-state index is -0.314. The molecular formula is C14H24N2O2. The Hall–Kier alpha value is -1.06. The molecule has 1 aliphatic carbocycles. The van der Waals surface area contributed by atoms with Crippen molar-refractivity contribution in [3.63, 3.8) is 0 Å². The van der Waals surface area contributed by atoms with E-state index in [1.807, 2.05) is 18.7 Å². The number of hydrogen-bond acceptors (Lipinski definition) is 2. The van der Waals surface area contributed by atoms with Crippen molar-refractivity contribution in [2.45, 2.75) is 71.0 Å². The van der Waals surface area contributed by atoms with Crippen LogP contribution in [0.2, 0.25) is 0 Å². The molecule has 102 valence electrons. The van der Waals surface area contributed by atoms with Crippen LogP contribution >= 0.6 is 0 Å². The van der Waals surface area contributed by atoms with Crippen LogP contribution in [-0.2, 0) is 9.59 Å². The van der Waals surface area contributed by atoms with Gasteiger partial charge in [-0.15, -0.1) is 0 Å². The van der Waals surface area contributed by atoms with Crippen molar-refractivity contribution >= 4 is 11.8 Å². The van der Waals surface area contributed by atoms with Gasteiger partial charge < -0.3 is 10.2 Å². The van der Waals surface area contributed by atoms with Gasteiger partial charge >= 0.3 is 0 Å². The van der Waals surface area contributed by atoms with Gasteiger partial charge in [-0.1, -0.05) is 26.7 Å². The van der Waals surface area contributed by atoms with E-state index in [-0.39, 0.29) is 29.9 Å². The van der Waals surface area contributed by atoms with Crippen LogP contribution in [0.1, 0.15) is 52.9 Å². The van der Waals surface area contributed by atoms with Crippen LogP contribution in [0.3, 0.4) is 0 Å². The van der Waals surface area contributed by atoms with Gasteiger partial charge in [0, 0.05) is 6.04 Å². The average molecular weight is 252 g/mol. The quantitative estimate of drug-likeness (QED) is 0.813. The first-order chi connectivity index (χ1) is 8.54. The van der Waals surface area contributed by atoms with E-state index in [9.17, 15) is 9.59 Å². The first kappa shape index (κ1) is 13.4. The van der Waals surface area contributed by atoms with E-state index in [1.54, 1.807) is 0 Å². The third-order valence-electron chi connectivity index (χ3n) is 4.38. The first-order valence-corrected chi connectivity index (χ1v) is 7.17. The number of carbonyl (C=O) groups excluding carboxylic acids is 2. The SMILES string of the molecule is CCC1NC(=O)C(C)N(C2CCCC(C)C2)C1=O. The number of nitrogens with zero attached hydrogens (tertiary/aromatic N) is 1. The maximum absolute atomic E-state index is 12.4. The highest BCUT2D eigenvalue weighted by molar-refractivity contribution is 5.96. The lowest BCUT2D eigenvalue weighted by atomic mass is 9.85. The number of nitrogens with one attached hydrogen (secondary N) is 1. The standard InChI is InChI=1S/C14H24N2O2/c1-4-12-14(18)16(10(3)13(17)15-12)11-7-5-6-9(2)8-11/h9-12H,4-8H2,1-3H3,(H,15,17). The van der Waals surface area contributed by atoms with E-state index in [0.717, 1.165) is 12.8 Å². The van der Waals surface area contributed by atoms with Gasteiger partial charge in [-0.3, -0.25) is 9.59 Å². The molecule has 1 aliphatic heterocycles. The van der Waals surface area contributed by atoms with Gasteiger partial charge in [0.05, 0.1) is 0 Å². The van der Waals surface area contributed by atoms with Gasteiger partial charge in [0.1, 0.15) is 12.1 Å². The van der Waals surface area contributed by atoms with Crippen LogP contribution in [0, 0.1) is 5.92 Å². The van der Waals surface area contributed by atoms with Crippen LogP contribution in [0.4, 0.5) is 0 Å². The molecule has 1 saturated carbocycles. The summed E-state index contributed by atoms with van der Waals surface area (Å²) in [5.41, 5.74) is 0. The Labute approximate surface area is 109 Å². The van der Waals surface area contributed by atoms with Gasteiger partial charge in [-0.05, 0) is 32.1 Å². The van der Waals surface area contributed by atoms with Crippen molar-refractivity contribution in [3.8, 4) is 0 Å². The lowest BCUT2D eigenvalue weighted by molar-refractivity contribution is -0.152. The largest absolute Gasteiger partial charge is 0.343 e. The summed E-state index contributed by atoms with van der Waals surface area (Å²) in [5, 5.41) is 2.82. The summed E-state index contributed by atoms with van der Waals surface area (Å²) in [5.74, 6) is 0.775. The lowest BCUT2D eigenvalue weighted by Crippen LogP contribution is -2.65. The predicted octanol–water partition coefficient (Wildman–Crippen LogP) is 1.69. The van der Waals surface area contributed by atoms with Gasteiger partial charge in [-0.25, -0.2) is 0 Å². The van der Waals surface area contributed by atoms with E-state index >= 15 is 0 Å². The molecule has 0 aromatic carbocycles. The second kappa shape index (κ2) is 5.29. The summed E-state index contributed by atoms with van der Waals surface area (Å²) < 4.78 is 0. The zero-order valence-electron chi connectivity index (χ0n) is 11.6. The fraction of sp³-hybridized carbons (Fsp3) is 0.857. The molecule has 0 aromatic rings. The molecule has 2 amide bonds. The van der Waals surface area contributed by atoms with E-state index in [4.69, 9.17) is 0 Å². The molecule has 0 aromatic heterocycles. The molecule has 2 aliphatic rings. The average Bonchev–Trinajstić information content (AvgIpc) is 2.34. The third-order valence-corrected chi connectivity index (χ3v) is 4.38. The molecule has 1 heterocycles. The molecule has 4 unspecified atom stereocenters. The monoisotopic (exact) mass is 252 g/mol. The van der Waals surface area contributed by atoms with Crippen LogP contribution in [0.5, 0.6) is 0 Å². The van der Waals surface area contributed by atoms with E-state index in [0.29, 0.717) is 12.3 Å². The Balaban J connectivity index is 2.16. The molecule has 4 nitrogen and oxygen atoms in total.